The largest absolute Gasteiger partial charge is 0.545 e. The van der Waals surface area contributed by atoms with Crippen molar-refractivity contribution in [3.8, 4) is 0 Å². The van der Waals surface area contributed by atoms with E-state index < -0.39 is 8.32 Å². The van der Waals surface area contributed by atoms with E-state index in [1.807, 2.05) is 35.2 Å². The maximum atomic E-state index is 13.1. The van der Waals surface area contributed by atoms with Gasteiger partial charge in [0.05, 0.1) is 11.8 Å². The minimum atomic E-state index is -1.95. The zero-order valence-electron chi connectivity index (χ0n) is 18.2. The van der Waals surface area contributed by atoms with Crippen LogP contribution in [0.15, 0.2) is 42.2 Å². The number of ether oxygens (including phenoxy) is 1. The van der Waals surface area contributed by atoms with Gasteiger partial charge in [-0.3, -0.25) is 4.90 Å². The molecule has 0 N–H and O–H groups in total. The van der Waals surface area contributed by atoms with E-state index in [0.717, 1.165) is 30.6 Å². The number of hydrogen-bond acceptors (Lipinski definition) is 3. The second-order valence-electron chi connectivity index (χ2n) is 9.79. The van der Waals surface area contributed by atoms with Gasteiger partial charge in [-0.05, 0) is 55.0 Å². The van der Waals surface area contributed by atoms with Gasteiger partial charge in [0, 0.05) is 6.04 Å². The van der Waals surface area contributed by atoms with E-state index in [4.69, 9.17) is 9.16 Å². The highest BCUT2D eigenvalue weighted by atomic mass is 28.4. The summed E-state index contributed by atoms with van der Waals surface area (Å²) in [6.07, 6.45) is 4.94. The Balaban J connectivity index is 1.76. The summed E-state index contributed by atoms with van der Waals surface area (Å²) in [6.45, 7) is 13.8. The number of benzene rings is 1. The predicted molar refractivity (Wildman–Crippen MR) is 115 cm³/mol. The lowest BCUT2D eigenvalue weighted by molar-refractivity contribution is 0.0154. The number of carbonyl (C=O) groups excluding carboxylic acids is 1. The fourth-order valence-corrected chi connectivity index (χ4v) is 4.98. The molecule has 5 heteroatoms. The minimum absolute atomic E-state index is 0.00680. The molecule has 3 atom stereocenters. The quantitative estimate of drug-likeness (QED) is 0.572. The summed E-state index contributed by atoms with van der Waals surface area (Å²) in [4.78, 5) is 15.0. The lowest BCUT2D eigenvalue weighted by Crippen LogP contribution is -2.57. The van der Waals surface area contributed by atoms with E-state index in [1.54, 1.807) is 0 Å². The zero-order chi connectivity index (χ0) is 20.5. The molecule has 2 heterocycles. The van der Waals surface area contributed by atoms with Crippen LogP contribution in [0.2, 0.25) is 18.1 Å². The van der Waals surface area contributed by atoms with Gasteiger partial charge in [0.15, 0.2) is 0 Å². The number of piperidine rings is 1. The topological polar surface area (TPSA) is 38.8 Å². The first kappa shape index (κ1) is 21.0. The van der Waals surface area contributed by atoms with Crippen molar-refractivity contribution in [1.82, 2.24) is 4.90 Å². The predicted octanol–water partition coefficient (Wildman–Crippen LogP) is 6.10. The molecule has 1 aromatic rings. The third kappa shape index (κ3) is 4.29. The van der Waals surface area contributed by atoms with Crippen molar-refractivity contribution < 1.29 is 14.0 Å². The van der Waals surface area contributed by atoms with Gasteiger partial charge in [-0.2, -0.15) is 0 Å². The van der Waals surface area contributed by atoms with Crippen molar-refractivity contribution in [1.29, 1.82) is 0 Å². The van der Waals surface area contributed by atoms with Crippen LogP contribution in [-0.4, -0.2) is 31.4 Å². The highest BCUT2D eigenvalue weighted by molar-refractivity contribution is 6.74. The summed E-state index contributed by atoms with van der Waals surface area (Å²) in [5.41, 5.74) is 1.01. The van der Waals surface area contributed by atoms with E-state index >= 15 is 0 Å². The zero-order valence-corrected chi connectivity index (χ0v) is 19.2. The molecule has 1 saturated heterocycles. The molecule has 0 unspecified atom stereocenters. The Morgan fingerprint density at radius 3 is 2.50 bits per heavy atom. The Bertz CT molecular complexity index is 723. The molecule has 0 spiro atoms. The molecule has 154 valence electrons. The fourth-order valence-electron chi connectivity index (χ4n) is 3.87. The third-order valence-corrected chi connectivity index (χ3v) is 11.1. The second-order valence-corrected chi connectivity index (χ2v) is 14.5. The molecule has 0 radical (unpaired) electrons. The number of nitrogens with zero attached hydrogens (tertiary/aromatic N) is 1. The van der Waals surface area contributed by atoms with E-state index in [0.29, 0.717) is 12.5 Å². The lowest BCUT2D eigenvalue weighted by atomic mass is 9.81. The molecule has 4 nitrogen and oxygen atoms in total. The van der Waals surface area contributed by atoms with Gasteiger partial charge >= 0.3 is 6.09 Å². The van der Waals surface area contributed by atoms with Crippen LogP contribution in [0.1, 0.15) is 52.5 Å². The SMILES string of the molecule is C[C@H]1CC[C@H]2C(O[Si](C)(C)C(C)(C)C)=CC[C@@H]1N2C(=O)OCc1ccccc1. The Morgan fingerprint density at radius 2 is 1.86 bits per heavy atom. The molecule has 1 aromatic carbocycles. The number of rotatable bonds is 4. The van der Waals surface area contributed by atoms with Gasteiger partial charge in [-0.15, -0.1) is 0 Å². The van der Waals surface area contributed by atoms with Crippen LogP contribution < -0.4 is 0 Å². The third-order valence-electron chi connectivity index (χ3n) is 6.73. The summed E-state index contributed by atoms with van der Waals surface area (Å²) >= 11 is 0. The Hall–Kier alpha value is -1.75. The Kier molecular flexibility index (Phi) is 5.94. The van der Waals surface area contributed by atoms with Crippen molar-refractivity contribution in [3.63, 3.8) is 0 Å². The van der Waals surface area contributed by atoms with Crippen LogP contribution in [0.3, 0.4) is 0 Å². The first-order valence-corrected chi connectivity index (χ1v) is 13.4. The van der Waals surface area contributed by atoms with E-state index in [1.165, 1.54) is 0 Å². The Labute approximate surface area is 171 Å². The summed E-state index contributed by atoms with van der Waals surface area (Å²) in [5, 5.41) is 0.130. The first-order chi connectivity index (χ1) is 13.1. The average Bonchev–Trinajstić information content (AvgIpc) is 2.63. The van der Waals surface area contributed by atoms with Crippen LogP contribution in [0, 0.1) is 5.92 Å². The Morgan fingerprint density at radius 1 is 1.18 bits per heavy atom. The van der Waals surface area contributed by atoms with Gasteiger partial charge in [-0.1, -0.05) is 58.0 Å². The van der Waals surface area contributed by atoms with Crippen LogP contribution in [-0.2, 0) is 15.8 Å². The van der Waals surface area contributed by atoms with Crippen molar-refractivity contribution in [2.24, 2.45) is 5.92 Å². The molecule has 2 aliphatic heterocycles. The number of amides is 1. The lowest BCUT2D eigenvalue weighted by Gasteiger charge is -2.49. The molecule has 1 amide bonds. The second kappa shape index (κ2) is 7.94. The summed E-state index contributed by atoms with van der Waals surface area (Å²) in [6, 6.07) is 10.1. The fraction of sp³-hybridized carbons (Fsp3) is 0.609. The number of carbonyl (C=O) groups is 1. The maximum Gasteiger partial charge on any atom is 0.410 e. The minimum Gasteiger partial charge on any atom is -0.545 e. The molecule has 0 saturated carbocycles. The highest BCUT2D eigenvalue weighted by Gasteiger charge is 2.47. The summed E-state index contributed by atoms with van der Waals surface area (Å²) in [7, 11) is -1.95. The molecule has 3 rings (SSSR count). The van der Waals surface area contributed by atoms with Crippen molar-refractivity contribution in [3.05, 3.63) is 47.7 Å². The molecule has 0 aliphatic carbocycles. The molecule has 28 heavy (non-hydrogen) atoms. The van der Waals surface area contributed by atoms with E-state index in [2.05, 4.69) is 46.9 Å². The summed E-state index contributed by atoms with van der Waals surface area (Å²) < 4.78 is 12.4. The molecule has 0 aromatic heterocycles. The molecule has 2 aliphatic rings. The molecule has 2 bridgehead atoms. The van der Waals surface area contributed by atoms with Crippen LogP contribution in [0.4, 0.5) is 4.79 Å². The van der Waals surface area contributed by atoms with Crippen molar-refractivity contribution in [2.75, 3.05) is 0 Å². The van der Waals surface area contributed by atoms with Crippen molar-refractivity contribution >= 4 is 14.4 Å². The van der Waals surface area contributed by atoms with Crippen LogP contribution in [0.25, 0.3) is 0 Å². The van der Waals surface area contributed by atoms with Gasteiger partial charge in [-0.25, -0.2) is 4.79 Å². The van der Waals surface area contributed by atoms with Crippen LogP contribution >= 0.6 is 0 Å². The molecule has 1 fully saturated rings. The van der Waals surface area contributed by atoms with Gasteiger partial charge in [0.1, 0.15) is 6.61 Å². The molecular weight excluding hydrogens is 366 g/mol. The van der Waals surface area contributed by atoms with Gasteiger partial charge < -0.3 is 9.16 Å². The monoisotopic (exact) mass is 401 g/mol. The standard InChI is InChI=1S/C23H35NO3Si/c1-17-12-13-20-21(27-28(5,6)23(2,3)4)15-14-19(17)24(20)22(25)26-16-18-10-8-7-9-11-18/h7-11,15,17,19-20H,12-14,16H2,1-6H3/t17-,19-,20-/m0/s1. The maximum absolute atomic E-state index is 13.1. The van der Waals surface area contributed by atoms with E-state index in [9.17, 15) is 4.79 Å². The first-order valence-electron chi connectivity index (χ1n) is 10.5. The highest BCUT2D eigenvalue weighted by Crippen LogP contribution is 2.43. The van der Waals surface area contributed by atoms with Gasteiger partial charge in [0.25, 0.3) is 0 Å². The van der Waals surface area contributed by atoms with Gasteiger partial charge in [0.2, 0.25) is 8.32 Å². The van der Waals surface area contributed by atoms with Crippen molar-refractivity contribution in [2.45, 2.75) is 83.8 Å². The normalized spacial score (nSPS) is 25.1. The summed E-state index contributed by atoms with van der Waals surface area (Å²) in [5.74, 6) is 1.47. The molecular formula is C23H35NO3Si. The smallest absolute Gasteiger partial charge is 0.410 e. The van der Waals surface area contributed by atoms with Crippen LogP contribution in [0.5, 0.6) is 0 Å². The van der Waals surface area contributed by atoms with E-state index in [-0.39, 0.29) is 23.2 Å². The number of hydrogen-bond donors (Lipinski definition) is 0. The number of fused-ring (bicyclic) bond motifs is 2. The average molecular weight is 402 g/mol.